The number of benzene rings is 2. The number of nitrogens with one attached hydrogen (secondary N) is 2. The number of halogens is 1. The molecule has 0 saturated carbocycles. The van der Waals surface area contributed by atoms with E-state index in [0.29, 0.717) is 6.54 Å². The maximum Gasteiger partial charge on any atom is 0.319 e. The van der Waals surface area contributed by atoms with Gasteiger partial charge in [-0.3, -0.25) is 0 Å². The van der Waals surface area contributed by atoms with Crippen molar-refractivity contribution < 1.29 is 4.79 Å². The van der Waals surface area contributed by atoms with Crippen molar-refractivity contribution in [3.8, 4) is 0 Å². The number of aryl methyl sites for hydroxylation is 1. The Morgan fingerprint density at radius 3 is 2.22 bits per heavy atom. The first-order valence-electron chi connectivity index (χ1n) is 9.64. The molecule has 2 rings (SSSR count). The van der Waals surface area contributed by atoms with E-state index in [1.165, 1.54) is 18.4 Å². The Bertz CT molecular complexity index is 622. The lowest BCUT2D eigenvalue weighted by Crippen LogP contribution is -2.37. The highest BCUT2D eigenvalue weighted by atomic mass is 79.9. The maximum absolute atomic E-state index is 11.9. The van der Waals surface area contributed by atoms with Gasteiger partial charge in [0.15, 0.2) is 0 Å². The van der Waals surface area contributed by atoms with E-state index < -0.39 is 0 Å². The SMILES string of the molecule is Br.CCCN(CCCCc1ccccc1)CCNC(=O)Nc1ccccc1. The molecule has 0 fully saturated rings. The summed E-state index contributed by atoms with van der Waals surface area (Å²) >= 11 is 0. The van der Waals surface area contributed by atoms with Crippen molar-refractivity contribution in [1.82, 2.24) is 10.2 Å². The molecule has 5 heteroatoms. The van der Waals surface area contributed by atoms with Gasteiger partial charge < -0.3 is 15.5 Å². The second-order valence-electron chi connectivity index (χ2n) is 6.53. The van der Waals surface area contributed by atoms with Crippen molar-refractivity contribution in [2.75, 3.05) is 31.5 Å². The van der Waals surface area contributed by atoms with Crippen LogP contribution in [0.15, 0.2) is 60.7 Å². The van der Waals surface area contributed by atoms with Crippen LogP contribution in [-0.4, -0.2) is 37.1 Å². The molecule has 0 aliphatic rings. The number of urea groups is 1. The van der Waals surface area contributed by atoms with Crippen molar-refractivity contribution in [1.29, 1.82) is 0 Å². The van der Waals surface area contributed by atoms with Crippen LogP contribution in [0.4, 0.5) is 10.5 Å². The molecule has 148 valence electrons. The number of nitrogens with zero attached hydrogens (tertiary/aromatic N) is 1. The summed E-state index contributed by atoms with van der Waals surface area (Å²) in [6.07, 6.45) is 4.66. The molecule has 2 N–H and O–H groups in total. The van der Waals surface area contributed by atoms with Crippen LogP contribution >= 0.6 is 17.0 Å². The maximum atomic E-state index is 11.9. The fourth-order valence-corrected chi connectivity index (χ4v) is 2.99. The summed E-state index contributed by atoms with van der Waals surface area (Å²) < 4.78 is 0. The van der Waals surface area contributed by atoms with Gasteiger partial charge >= 0.3 is 6.03 Å². The third kappa shape index (κ3) is 10.2. The van der Waals surface area contributed by atoms with Crippen LogP contribution in [-0.2, 0) is 6.42 Å². The van der Waals surface area contributed by atoms with Crippen molar-refractivity contribution in [2.45, 2.75) is 32.6 Å². The van der Waals surface area contributed by atoms with E-state index >= 15 is 0 Å². The number of carbonyl (C=O) groups excluding carboxylic acids is 1. The molecule has 27 heavy (non-hydrogen) atoms. The molecule has 0 unspecified atom stereocenters. The number of amides is 2. The predicted molar refractivity (Wildman–Crippen MR) is 120 cm³/mol. The molecule has 2 amide bonds. The van der Waals surface area contributed by atoms with Crippen LogP contribution in [0.25, 0.3) is 0 Å². The highest BCUT2D eigenvalue weighted by molar-refractivity contribution is 8.93. The highest BCUT2D eigenvalue weighted by Crippen LogP contribution is 2.06. The van der Waals surface area contributed by atoms with Crippen LogP contribution in [0.2, 0.25) is 0 Å². The molecule has 0 heterocycles. The van der Waals surface area contributed by atoms with E-state index in [1.54, 1.807) is 0 Å². The molecule has 0 saturated heterocycles. The normalized spacial score (nSPS) is 10.3. The number of anilines is 1. The molecule has 0 radical (unpaired) electrons. The fraction of sp³-hybridized carbons (Fsp3) is 0.409. The first-order valence-corrected chi connectivity index (χ1v) is 9.64. The van der Waals surface area contributed by atoms with Crippen LogP contribution in [0.1, 0.15) is 31.7 Å². The Balaban J connectivity index is 0.00000364. The third-order valence-electron chi connectivity index (χ3n) is 4.32. The zero-order valence-corrected chi connectivity index (χ0v) is 17.9. The molecule has 2 aromatic rings. The second-order valence-corrected chi connectivity index (χ2v) is 6.53. The molecule has 2 aromatic carbocycles. The lowest BCUT2D eigenvalue weighted by atomic mass is 10.1. The minimum atomic E-state index is -0.142. The van der Waals surface area contributed by atoms with Gasteiger partial charge in [-0.2, -0.15) is 0 Å². The van der Waals surface area contributed by atoms with Gasteiger partial charge in [0.25, 0.3) is 0 Å². The molecular formula is C22H32BrN3O. The summed E-state index contributed by atoms with van der Waals surface area (Å²) in [4.78, 5) is 14.4. The summed E-state index contributed by atoms with van der Waals surface area (Å²) in [7, 11) is 0. The van der Waals surface area contributed by atoms with E-state index in [-0.39, 0.29) is 23.0 Å². The number of carbonyl (C=O) groups is 1. The smallest absolute Gasteiger partial charge is 0.319 e. The Labute approximate surface area is 174 Å². The minimum absolute atomic E-state index is 0. The van der Waals surface area contributed by atoms with E-state index in [0.717, 1.165) is 38.2 Å². The van der Waals surface area contributed by atoms with E-state index in [2.05, 4.69) is 52.8 Å². The summed E-state index contributed by atoms with van der Waals surface area (Å²) in [6.45, 7) is 5.92. The summed E-state index contributed by atoms with van der Waals surface area (Å²) in [6, 6.07) is 20.0. The number of rotatable bonds is 11. The van der Waals surface area contributed by atoms with Crippen LogP contribution in [0, 0.1) is 0 Å². The second kappa shape index (κ2) is 14.2. The highest BCUT2D eigenvalue weighted by Gasteiger charge is 2.05. The van der Waals surface area contributed by atoms with Gasteiger partial charge in [0, 0.05) is 18.8 Å². The summed E-state index contributed by atoms with van der Waals surface area (Å²) in [5.41, 5.74) is 2.23. The molecule has 0 spiro atoms. The largest absolute Gasteiger partial charge is 0.337 e. The van der Waals surface area contributed by atoms with Crippen LogP contribution in [0.5, 0.6) is 0 Å². The number of hydrogen-bond acceptors (Lipinski definition) is 2. The van der Waals surface area contributed by atoms with Crippen LogP contribution < -0.4 is 10.6 Å². The van der Waals surface area contributed by atoms with E-state index in [9.17, 15) is 4.79 Å². The molecular weight excluding hydrogens is 402 g/mol. The molecule has 4 nitrogen and oxygen atoms in total. The third-order valence-corrected chi connectivity index (χ3v) is 4.32. The Hall–Kier alpha value is -1.85. The first-order chi connectivity index (χ1) is 12.8. The topological polar surface area (TPSA) is 44.4 Å². The zero-order valence-electron chi connectivity index (χ0n) is 16.2. The van der Waals surface area contributed by atoms with Gasteiger partial charge in [0.2, 0.25) is 0 Å². The van der Waals surface area contributed by atoms with Gasteiger partial charge in [0.1, 0.15) is 0 Å². The Morgan fingerprint density at radius 1 is 0.889 bits per heavy atom. The van der Waals surface area contributed by atoms with Gasteiger partial charge in [-0.15, -0.1) is 17.0 Å². The first kappa shape index (κ1) is 23.2. The Morgan fingerprint density at radius 2 is 1.56 bits per heavy atom. The molecule has 0 bridgehead atoms. The van der Waals surface area contributed by atoms with Crippen molar-refractivity contribution in [2.24, 2.45) is 0 Å². The van der Waals surface area contributed by atoms with E-state index in [4.69, 9.17) is 0 Å². The molecule has 0 aliphatic heterocycles. The van der Waals surface area contributed by atoms with Gasteiger partial charge in [-0.25, -0.2) is 4.79 Å². The zero-order chi connectivity index (χ0) is 18.5. The predicted octanol–water partition coefficient (Wildman–Crippen LogP) is 5.12. The number of para-hydroxylation sites is 1. The molecule has 0 aliphatic carbocycles. The van der Waals surface area contributed by atoms with Gasteiger partial charge in [-0.05, 0) is 56.5 Å². The van der Waals surface area contributed by atoms with Gasteiger partial charge in [-0.1, -0.05) is 55.5 Å². The lowest BCUT2D eigenvalue weighted by molar-refractivity contribution is 0.243. The van der Waals surface area contributed by atoms with Crippen molar-refractivity contribution >= 4 is 28.7 Å². The van der Waals surface area contributed by atoms with E-state index in [1.807, 2.05) is 30.3 Å². The standard InChI is InChI=1S/C22H31N3O.BrH/c1-2-17-25(18-10-9-13-20-11-5-3-6-12-20)19-16-23-22(26)24-21-14-7-4-8-15-21;/h3-8,11-12,14-15H,2,9-10,13,16-19H2,1H3,(H2,23,24,26);1H. The van der Waals surface area contributed by atoms with Crippen molar-refractivity contribution in [3.05, 3.63) is 66.2 Å². The van der Waals surface area contributed by atoms with Gasteiger partial charge in [0.05, 0.1) is 0 Å². The van der Waals surface area contributed by atoms with Crippen molar-refractivity contribution in [3.63, 3.8) is 0 Å². The molecule has 0 aromatic heterocycles. The minimum Gasteiger partial charge on any atom is -0.337 e. The molecule has 0 atom stereocenters. The fourth-order valence-electron chi connectivity index (χ4n) is 2.99. The summed E-state index contributed by atoms with van der Waals surface area (Å²) in [5.74, 6) is 0. The number of unbranched alkanes of at least 4 members (excludes halogenated alkanes) is 1. The summed E-state index contributed by atoms with van der Waals surface area (Å²) in [5, 5.41) is 5.79. The Kier molecular flexibility index (Phi) is 12.2. The average molecular weight is 434 g/mol. The number of hydrogen-bond donors (Lipinski definition) is 2. The quantitative estimate of drug-likeness (QED) is 0.482. The average Bonchev–Trinajstić information content (AvgIpc) is 2.67. The lowest BCUT2D eigenvalue weighted by Gasteiger charge is -2.22. The van der Waals surface area contributed by atoms with Crippen LogP contribution in [0.3, 0.4) is 0 Å². The monoisotopic (exact) mass is 433 g/mol.